The van der Waals surface area contributed by atoms with Crippen molar-refractivity contribution in [3.8, 4) is 22.9 Å². The minimum atomic E-state index is -0.749. The van der Waals surface area contributed by atoms with Crippen molar-refractivity contribution in [2.75, 3.05) is 7.11 Å². The summed E-state index contributed by atoms with van der Waals surface area (Å²) in [6.45, 7) is -0.234. The number of aromatic nitrogens is 2. The molecule has 1 aromatic heterocycles. The van der Waals surface area contributed by atoms with E-state index in [0.29, 0.717) is 22.2 Å². The lowest BCUT2D eigenvalue weighted by Crippen LogP contribution is -2.05. The number of phenolic OH excluding ortho intramolecular Hbond substituents is 1. The number of ether oxygens (including phenoxy) is 2. The van der Waals surface area contributed by atoms with Gasteiger partial charge < -0.3 is 19.1 Å². The van der Waals surface area contributed by atoms with Gasteiger partial charge in [0, 0.05) is 10.6 Å². The highest BCUT2D eigenvalue weighted by molar-refractivity contribution is 6.31. The van der Waals surface area contributed by atoms with Gasteiger partial charge in [0.25, 0.3) is 5.89 Å². The molecule has 128 valence electrons. The number of carbonyl (C=O) groups is 1. The van der Waals surface area contributed by atoms with Crippen LogP contribution < -0.4 is 4.74 Å². The fraction of sp³-hybridized carbons (Fsp3) is 0.118. The van der Waals surface area contributed by atoms with Crippen molar-refractivity contribution in [1.29, 1.82) is 0 Å². The van der Waals surface area contributed by atoms with Crippen LogP contribution in [-0.2, 0) is 11.3 Å². The van der Waals surface area contributed by atoms with Crippen LogP contribution in [0.25, 0.3) is 11.4 Å². The summed E-state index contributed by atoms with van der Waals surface area (Å²) < 4.78 is 15.3. The standard InChI is InChI=1S/C17H13ClN2O5/c1-23-12-4-2-3-10(7-12)16-19-15(25-20-16)9-24-17(22)13-8-11(18)5-6-14(13)21/h2-8,21H,9H2,1H3. The molecule has 0 spiro atoms. The van der Waals surface area contributed by atoms with Gasteiger partial charge in [-0.25, -0.2) is 4.79 Å². The zero-order chi connectivity index (χ0) is 17.8. The quantitative estimate of drug-likeness (QED) is 0.696. The Morgan fingerprint density at radius 2 is 2.12 bits per heavy atom. The minimum absolute atomic E-state index is 0.0416. The van der Waals surface area contributed by atoms with Gasteiger partial charge in [-0.2, -0.15) is 4.98 Å². The van der Waals surface area contributed by atoms with Crippen molar-refractivity contribution in [1.82, 2.24) is 10.1 Å². The first-order valence-electron chi connectivity index (χ1n) is 7.19. The Labute approximate surface area is 147 Å². The molecule has 1 heterocycles. The molecular weight excluding hydrogens is 348 g/mol. The Morgan fingerprint density at radius 3 is 2.92 bits per heavy atom. The second-order valence-electron chi connectivity index (χ2n) is 4.98. The van der Waals surface area contributed by atoms with Crippen molar-refractivity contribution in [3.63, 3.8) is 0 Å². The zero-order valence-corrected chi connectivity index (χ0v) is 13.9. The number of benzene rings is 2. The van der Waals surface area contributed by atoms with E-state index >= 15 is 0 Å². The van der Waals surface area contributed by atoms with Gasteiger partial charge in [0.15, 0.2) is 6.61 Å². The van der Waals surface area contributed by atoms with Gasteiger partial charge in [-0.15, -0.1) is 0 Å². The first-order valence-corrected chi connectivity index (χ1v) is 7.57. The molecule has 0 saturated carbocycles. The maximum atomic E-state index is 12.0. The van der Waals surface area contributed by atoms with Crippen LogP contribution in [0.4, 0.5) is 0 Å². The average molecular weight is 361 g/mol. The lowest BCUT2D eigenvalue weighted by Gasteiger charge is -2.04. The predicted octanol–water partition coefficient (Wildman–Crippen LogP) is 3.46. The predicted molar refractivity (Wildman–Crippen MR) is 88.5 cm³/mol. The maximum Gasteiger partial charge on any atom is 0.342 e. The summed E-state index contributed by atoms with van der Waals surface area (Å²) >= 11 is 5.80. The molecule has 2 aromatic carbocycles. The number of aromatic hydroxyl groups is 1. The van der Waals surface area contributed by atoms with E-state index in [1.54, 1.807) is 31.4 Å². The van der Waals surface area contributed by atoms with Crippen molar-refractivity contribution in [2.45, 2.75) is 6.61 Å². The molecule has 0 fully saturated rings. The third-order valence-corrected chi connectivity index (χ3v) is 3.54. The molecule has 0 radical (unpaired) electrons. The molecule has 25 heavy (non-hydrogen) atoms. The fourth-order valence-corrected chi connectivity index (χ4v) is 2.24. The molecule has 1 N–H and O–H groups in total. The average Bonchev–Trinajstić information content (AvgIpc) is 3.11. The van der Waals surface area contributed by atoms with Crippen molar-refractivity contribution in [3.05, 3.63) is 58.9 Å². The van der Waals surface area contributed by atoms with E-state index in [1.165, 1.54) is 18.2 Å². The fourth-order valence-electron chi connectivity index (χ4n) is 2.07. The number of methoxy groups -OCH3 is 1. The van der Waals surface area contributed by atoms with Gasteiger partial charge in [-0.1, -0.05) is 28.9 Å². The van der Waals surface area contributed by atoms with Gasteiger partial charge in [-0.05, 0) is 30.3 Å². The molecule has 0 atom stereocenters. The molecule has 0 aliphatic carbocycles. The van der Waals surface area contributed by atoms with Crippen LogP contribution >= 0.6 is 11.6 Å². The smallest absolute Gasteiger partial charge is 0.342 e. The van der Waals surface area contributed by atoms with Crippen LogP contribution in [0.2, 0.25) is 5.02 Å². The SMILES string of the molecule is COc1cccc(-c2noc(COC(=O)c3cc(Cl)ccc3O)n2)c1. The molecule has 0 aliphatic heterocycles. The number of halogens is 1. The third-order valence-electron chi connectivity index (χ3n) is 3.30. The van der Waals surface area contributed by atoms with Gasteiger partial charge in [0.05, 0.1) is 7.11 Å². The monoisotopic (exact) mass is 360 g/mol. The van der Waals surface area contributed by atoms with E-state index in [0.717, 1.165) is 0 Å². The highest BCUT2D eigenvalue weighted by Gasteiger charge is 2.16. The van der Waals surface area contributed by atoms with E-state index in [2.05, 4.69) is 10.1 Å². The summed E-state index contributed by atoms with van der Waals surface area (Å²) in [5.41, 5.74) is 0.660. The Balaban J connectivity index is 1.69. The normalized spacial score (nSPS) is 10.5. The molecule has 0 aliphatic rings. The molecule has 7 nitrogen and oxygen atoms in total. The van der Waals surface area contributed by atoms with Crippen molar-refractivity contribution >= 4 is 17.6 Å². The molecule has 0 bridgehead atoms. The largest absolute Gasteiger partial charge is 0.507 e. The molecule has 0 saturated heterocycles. The van der Waals surface area contributed by atoms with Gasteiger partial charge in [-0.3, -0.25) is 0 Å². The Morgan fingerprint density at radius 1 is 1.28 bits per heavy atom. The van der Waals surface area contributed by atoms with Gasteiger partial charge >= 0.3 is 5.97 Å². The maximum absolute atomic E-state index is 12.0. The Bertz CT molecular complexity index is 910. The van der Waals surface area contributed by atoms with Crippen LogP contribution in [0.1, 0.15) is 16.2 Å². The topological polar surface area (TPSA) is 94.7 Å². The summed E-state index contributed by atoms with van der Waals surface area (Å²) in [6, 6.07) is 11.2. The molecule has 0 amide bonds. The van der Waals surface area contributed by atoms with Crippen LogP contribution in [0.3, 0.4) is 0 Å². The van der Waals surface area contributed by atoms with Crippen LogP contribution in [0.15, 0.2) is 47.0 Å². The van der Waals surface area contributed by atoms with E-state index in [1.807, 2.05) is 0 Å². The molecular formula is C17H13ClN2O5. The first kappa shape index (κ1) is 16.8. The molecule has 3 aromatic rings. The second-order valence-corrected chi connectivity index (χ2v) is 5.42. The lowest BCUT2D eigenvalue weighted by atomic mass is 10.2. The minimum Gasteiger partial charge on any atom is -0.507 e. The number of hydrogen-bond donors (Lipinski definition) is 1. The summed E-state index contributed by atoms with van der Waals surface area (Å²) in [4.78, 5) is 16.2. The van der Waals surface area contributed by atoms with Crippen LogP contribution in [-0.4, -0.2) is 28.3 Å². The van der Waals surface area contributed by atoms with E-state index < -0.39 is 5.97 Å². The van der Waals surface area contributed by atoms with Crippen LogP contribution in [0, 0.1) is 0 Å². The van der Waals surface area contributed by atoms with Crippen molar-refractivity contribution < 1.29 is 23.9 Å². The zero-order valence-electron chi connectivity index (χ0n) is 13.1. The third kappa shape index (κ3) is 3.89. The van der Waals surface area contributed by atoms with Gasteiger partial charge in [0.2, 0.25) is 5.82 Å². The number of carbonyl (C=O) groups excluding carboxylic acids is 1. The highest BCUT2D eigenvalue weighted by Crippen LogP contribution is 2.23. The molecule has 3 rings (SSSR count). The number of esters is 1. The number of rotatable bonds is 5. The summed E-state index contributed by atoms with van der Waals surface area (Å²) in [7, 11) is 1.56. The van der Waals surface area contributed by atoms with Crippen LogP contribution in [0.5, 0.6) is 11.5 Å². The highest BCUT2D eigenvalue weighted by atomic mass is 35.5. The second kappa shape index (κ2) is 7.23. The molecule has 8 heteroatoms. The van der Waals surface area contributed by atoms with Crippen molar-refractivity contribution in [2.24, 2.45) is 0 Å². The summed E-state index contributed by atoms with van der Waals surface area (Å²) in [5, 5.41) is 13.8. The number of hydrogen-bond acceptors (Lipinski definition) is 7. The van der Waals surface area contributed by atoms with Gasteiger partial charge in [0.1, 0.15) is 17.1 Å². The molecule has 0 unspecified atom stereocenters. The summed E-state index contributed by atoms with van der Waals surface area (Å²) in [5.74, 6) is 0.146. The van der Waals surface area contributed by atoms with E-state index in [-0.39, 0.29) is 23.8 Å². The number of nitrogens with zero attached hydrogens (tertiary/aromatic N) is 2. The summed E-state index contributed by atoms with van der Waals surface area (Å²) in [6.07, 6.45) is 0. The Kier molecular flexibility index (Phi) is 4.85. The Hall–Kier alpha value is -3.06. The van der Waals surface area contributed by atoms with E-state index in [4.69, 9.17) is 25.6 Å². The van der Waals surface area contributed by atoms with E-state index in [9.17, 15) is 9.90 Å². The first-order chi connectivity index (χ1) is 12.1. The lowest BCUT2D eigenvalue weighted by molar-refractivity contribution is 0.0426. The number of phenols is 1.